The average Bonchev–Trinajstić information content (AvgIpc) is 2.60. The van der Waals surface area contributed by atoms with E-state index in [1.165, 1.54) is 121 Å². The molecule has 140 valence electrons. The SMILES string of the molecule is CCCCCCCCCCCCC[CH2][Na].O=S(=O)(O)c1ccccc1. The first kappa shape index (κ1) is 25.1. The average molecular weight is 379 g/mol. The van der Waals surface area contributed by atoms with Crippen LogP contribution in [-0.4, -0.2) is 40.9 Å². The minimum atomic E-state index is -4.00. The van der Waals surface area contributed by atoms with Gasteiger partial charge in [-0.05, 0) is 12.1 Å². The molecule has 0 aliphatic heterocycles. The Kier molecular flexibility index (Phi) is 17.6. The fourth-order valence-corrected chi connectivity index (χ4v) is 3.68. The molecule has 0 aliphatic carbocycles. The van der Waals surface area contributed by atoms with Crippen LogP contribution in [0.4, 0.5) is 0 Å². The van der Waals surface area contributed by atoms with Gasteiger partial charge in [0.1, 0.15) is 0 Å². The largest absolute Gasteiger partial charge is 0.294 e. The Morgan fingerprint density at radius 3 is 1.48 bits per heavy atom. The van der Waals surface area contributed by atoms with Gasteiger partial charge in [-0.1, -0.05) is 31.5 Å². The summed E-state index contributed by atoms with van der Waals surface area (Å²) in [5.74, 6) is 0. The van der Waals surface area contributed by atoms with E-state index in [0.717, 1.165) is 0 Å². The van der Waals surface area contributed by atoms with Gasteiger partial charge in [0.2, 0.25) is 0 Å². The smallest absolute Gasteiger partial charge is 0.282 e. The van der Waals surface area contributed by atoms with Crippen LogP contribution in [0, 0.1) is 0 Å². The molecular formula is C20H35NaO3S. The van der Waals surface area contributed by atoms with Crippen molar-refractivity contribution >= 4 is 38.0 Å². The van der Waals surface area contributed by atoms with Crippen molar-refractivity contribution in [3.8, 4) is 0 Å². The van der Waals surface area contributed by atoms with E-state index in [1.807, 2.05) is 0 Å². The molecule has 1 N–H and O–H groups in total. The molecular weight excluding hydrogens is 343 g/mol. The summed E-state index contributed by atoms with van der Waals surface area (Å²) in [6.07, 6.45) is 17.7. The van der Waals surface area contributed by atoms with Crippen molar-refractivity contribution in [2.24, 2.45) is 0 Å². The van der Waals surface area contributed by atoms with E-state index < -0.39 is 10.1 Å². The minimum Gasteiger partial charge on any atom is -0.282 e. The van der Waals surface area contributed by atoms with Gasteiger partial charge in [0.25, 0.3) is 10.1 Å². The molecule has 0 saturated carbocycles. The molecule has 5 heteroatoms. The van der Waals surface area contributed by atoms with Crippen molar-refractivity contribution < 1.29 is 13.0 Å². The summed E-state index contributed by atoms with van der Waals surface area (Å²) in [5.41, 5.74) is 0. The Labute approximate surface area is 173 Å². The summed E-state index contributed by atoms with van der Waals surface area (Å²) in [6.45, 7) is 2.29. The van der Waals surface area contributed by atoms with Gasteiger partial charge in [-0.3, -0.25) is 4.55 Å². The molecule has 1 aromatic rings. The molecule has 0 aliphatic rings. The monoisotopic (exact) mass is 378 g/mol. The molecule has 1 aromatic carbocycles. The van der Waals surface area contributed by atoms with Gasteiger partial charge < -0.3 is 0 Å². The molecule has 0 heterocycles. The second-order valence-electron chi connectivity index (χ2n) is 6.68. The van der Waals surface area contributed by atoms with Crippen LogP contribution in [-0.2, 0) is 10.1 Å². The van der Waals surface area contributed by atoms with Crippen molar-refractivity contribution in [1.29, 1.82) is 0 Å². The molecule has 0 amide bonds. The molecule has 3 nitrogen and oxygen atoms in total. The molecule has 0 bridgehead atoms. The Balaban J connectivity index is 0.000000496. The second kappa shape index (κ2) is 17.5. The molecule has 0 atom stereocenters. The zero-order chi connectivity index (χ0) is 18.8. The van der Waals surface area contributed by atoms with E-state index in [4.69, 9.17) is 4.55 Å². The van der Waals surface area contributed by atoms with Gasteiger partial charge in [0.15, 0.2) is 0 Å². The van der Waals surface area contributed by atoms with Crippen molar-refractivity contribution in [2.75, 3.05) is 0 Å². The third-order valence-corrected chi connectivity index (χ3v) is 5.82. The van der Waals surface area contributed by atoms with Gasteiger partial charge in [-0.25, -0.2) is 0 Å². The number of hydrogen-bond acceptors (Lipinski definition) is 2. The molecule has 0 unspecified atom stereocenters. The Morgan fingerprint density at radius 1 is 0.760 bits per heavy atom. The van der Waals surface area contributed by atoms with E-state index in [9.17, 15) is 8.42 Å². The molecule has 0 radical (unpaired) electrons. The first-order chi connectivity index (χ1) is 12.0. The maximum Gasteiger partial charge on any atom is 0.294 e. The predicted octanol–water partition coefficient (Wildman–Crippen LogP) is 6.21. The van der Waals surface area contributed by atoms with Crippen LogP contribution < -0.4 is 0 Å². The van der Waals surface area contributed by atoms with Crippen molar-refractivity contribution in [2.45, 2.75) is 92.5 Å². The molecule has 0 saturated heterocycles. The molecule has 25 heavy (non-hydrogen) atoms. The fraction of sp³-hybridized carbons (Fsp3) is 0.700. The van der Waals surface area contributed by atoms with Crippen LogP contribution in [0.3, 0.4) is 0 Å². The summed E-state index contributed by atoms with van der Waals surface area (Å²) in [4.78, 5) is -0.0741. The summed E-state index contributed by atoms with van der Waals surface area (Å²) in [5, 5.41) is 0. The topological polar surface area (TPSA) is 54.4 Å². The van der Waals surface area contributed by atoms with E-state index in [0.29, 0.717) is 0 Å². The predicted molar refractivity (Wildman–Crippen MR) is 108 cm³/mol. The van der Waals surface area contributed by atoms with Crippen LogP contribution in [0.1, 0.15) is 84.0 Å². The molecule has 0 aromatic heterocycles. The van der Waals surface area contributed by atoms with Gasteiger partial charge in [-0.2, -0.15) is 8.42 Å². The number of rotatable bonds is 13. The summed E-state index contributed by atoms with van der Waals surface area (Å²) >= 11 is 1.41. The van der Waals surface area contributed by atoms with Gasteiger partial charge in [0.05, 0.1) is 4.90 Å². The van der Waals surface area contributed by atoms with Crippen LogP contribution in [0.5, 0.6) is 0 Å². The van der Waals surface area contributed by atoms with Gasteiger partial charge in [-0.15, -0.1) is 0 Å². The molecule has 0 fully saturated rings. The number of unbranched alkanes of at least 4 members (excludes halogenated alkanes) is 11. The van der Waals surface area contributed by atoms with Crippen molar-refractivity contribution in [3.63, 3.8) is 0 Å². The van der Waals surface area contributed by atoms with Crippen LogP contribution >= 0.6 is 0 Å². The van der Waals surface area contributed by atoms with Gasteiger partial charge >= 0.3 is 102 Å². The maximum absolute atomic E-state index is 10.4. The van der Waals surface area contributed by atoms with Crippen LogP contribution in [0.15, 0.2) is 35.2 Å². The van der Waals surface area contributed by atoms with Crippen molar-refractivity contribution in [3.05, 3.63) is 30.3 Å². The maximum atomic E-state index is 10.4. The quantitative estimate of drug-likeness (QED) is 0.252. The molecule has 0 spiro atoms. The summed E-state index contributed by atoms with van der Waals surface area (Å²) in [7, 11) is -4.00. The zero-order valence-electron chi connectivity index (χ0n) is 16.3. The third-order valence-electron chi connectivity index (χ3n) is 4.25. The first-order valence-corrected chi connectivity index (χ1v) is 12.9. The van der Waals surface area contributed by atoms with Crippen LogP contribution in [0.25, 0.3) is 0 Å². The van der Waals surface area contributed by atoms with Crippen LogP contribution in [0.2, 0.25) is 3.67 Å². The van der Waals surface area contributed by atoms with E-state index in [1.54, 1.807) is 18.2 Å². The van der Waals surface area contributed by atoms with Gasteiger partial charge in [0, 0.05) is 0 Å². The minimum absolute atomic E-state index is 0.0741. The fourth-order valence-electron chi connectivity index (χ4n) is 2.68. The van der Waals surface area contributed by atoms with E-state index in [2.05, 4.69) is 6.92 Å². The Bertz CT molecular complexity index is 477. The summed E-state index contributed by atoms with van der Waals surface area (Å²) in [6, 6.07) is 7.42. The standard InChI is InChI=1S/C14H29.C6H6O3S.Na/c1-3-5-7-9-11-13-14-12-10-8-6-4-2;7-10(8,9)6-4-2-1-3-5-6;/h1,3-14H2,2H3;1-5H,(H,7,8,9);. The third kappa shape index (κ3) is 17.3. The Hall–Kier alpha value is 0.130. The van der Waals surface area contributed by atoms with Crippen molar-refractivity contribution in [1.82, 2.24) is 0 Å². The zero-order valence-corrected chi connectivity index (χ0v) is 19.1. The molecule has 1 rings (SSSR count). The van der Waals surface area contributed by atoms with E-state index >= 15 is 0 Å². The number of hydrogen-bond donors (Lipinski definition) is 1. The Morgan fingerprint density at radius 2 is 1.16 bits per heavy atom. The number of benzene rings is 1. The second-order valence-corrected chi connectivity index (χ2v) is 9.10. The first-order valence-electron chi connectivity index (χ1n) is 10.0. The normalized spacial score (nSPS) is 11.0. The van der Waals surface area contributed by atoms with E-state index in [-0.39, 0.29) is 4.90 Å². The summed E-state index contributed by atoms with van der Waals surface area (Å²) < 4.78 is 30.7.